The van der Waals surface area contributed by atoms with E-state index in [1.54, 1.807) is 0 Å². The second-order valence-corrected chi connectivity index (χ2v) is 3.98. The van der Waals surface area contributed by atoms with Crippen molar-refractivity contribution in [3.63, 3.8) is 0 Å². The van der Waals surface area contributed by atoms with Crippen molar-refractivity contribution in [1.82, 2.24) is 5.32 Å². The lowest BCUT2D eigenvalue weighted by Gasteiger charge is -2.21. The van der Waals surface area contributed by atoms with Crippen molar-refractivity contribution in [3.05, 3.63) is 12.2 Å². The van der Waals surface area contributed by atoms with Crippen LogP contribution in [-0.4, -0.2) is 23.5 Å². The number of imide groups is 1. The van der Waals surface area contributed by atoms with Gasteiger partial charge in [-0.3, -0.25) is 14.9 Å². The molecule has 4 atom stereocenters. The fourth-order valence-electron chi connectivity index (χ4n) is 2.58. The Balaban J connectivity index is 2.13. The summed E-state index contributed by atoms with van der Waals surface area (Å²) < 4.78 is 5.57. The zero-order valence-corrected chi connectivity index (χ0v) is 7.11. The molecule has 0 aromatic carbocycles. The number of carbonyl (C=O) groups excluding carboxylic acids is 2. The molecule has 1 N–H and O–H groups in total. The van der Waals surface area contributed by atoms with Gasteiger partial charge in [-0.1, -0.05) is 12.2 Å². The number of carbonyl (C=O) groups is 2. The predicted molar refractivity (Wildman–Crippen MR) is 42.5 cm³/mol. The summed E-state index contributed by atoms with van der Waals surface area (Å²) in [6, 6.07) is 0. The first-order chi connectivity index (χ1) is 6.12. The molecule has 0 aromatic heterocycles. The normalized spacial score (nSPS) is 51.3. The Morgan fingerprint density at radius 3 is 2.92 bits per heavy atom. The van der Waals surface area contributed by atoms with E-state index in [-0.39, 0.29) is 29.8 Å². The topological polar surface area (TPSA) is 55.4 Å². The molecular weight excluding hydrogens is 170 g/mol. The van der Waals surface area contributed by atoms with Crippen LogP contribution < -0.4 is 5.32 Å². The maximum atomic E-state index is 11.4. The van der Waals surface area contributed by atoms with Crippen molar-refractivity contribution < 1.29 is 14.3 Å². The average molecular weight is 179 g/mol. The van der Waals surface area contributed by atoms with Crippen LogP contribution in [-0.2, 0) is 14.3 Å². The summed E-state index contributed by atoms with van der Waals surface area (Å²) in [7, 11) is 0. The van der Waals surface area contributed by atoms with E-state index in [0.29, 0.717) is 0 Å². The predicted octanol–water partition coefficient (Wildman–Crippen LogP) is -0.398. The molecule has 2 saturated heterocycles. The Morgan fingerprint density at radius 1 is 1.46 bits per heavy atom. The largest absolute Gasteiger partial charge is 0.362 e. The minimum Gasteiger partial charge on any atom is -0.362 e. The lowest BCUT2D eigenvalue weighted by molar-refractivity contribution is -0.129. The van der Waals surface area contributed by atoms with Crippen molar-refractivity contribution in [2.24, 2.45) is 11.8 Å². The molecule has 2 amide bonds. The lowest BCUT2D eigenvalue weighted by Crippen LogP contribution is -2.36. The van der Waals surface area contributed by atoms with Gasteiger partial charge in [0.25, 0.3) is 0 Å². The van der Waals surface area contributed by atoms with Gasteiger partial charge in [0, 0.05) is 0 Å². The van der Waals surface area contributed by atoms with E-state index >= 15 is 0 Å². The van der Waals surface area contributed by atoms with Gasteiger partial charge >= 0.3 is 0 Å². The number of nitrogens with one attached hydrogen (secondary N) is 1. The van der Waals surface area contributed by atoms with Crippen LogP contribution in [0.5, 0.6) is 0 Å². The van der Waals surface area contributed by atoms with E-state index in [0.717, 1.165) is 0 Å². The van der Waals surface area contributed by atoms with E-state index in [1.165, 1.54) is 0 Å². The Kier molecular flexibility index (Phi) is 1.03. The molecule has 0 aliphatic carbocycles. The van der Waals surface area contributed by atoms with Crippen molar-refractivity contribution >= 4 is 11.8 Å². The Morgan fingerprint density at radius 2 is 2.23 bits per heavy atom. The molecule has 0 radical (unpaired) electrons. The van der Waals surface area contributed by atoms with Crippen molar-refractivity contribution in [2.75, 3.05) is 0 Å². The molecule has 2 fully saturated rings. The highest BCUT2D eigenvalue weighted by atomic mass is 16.5. The smallest absolute Gasteiger partial charge is 0.233 e. The summed E-state index contributed by atoms with van der Waals surface area (Å²) >= 11 is 0. The van der Waals surface area contributed by atoms with Gasteiger partial charge in [-0.2, -0.15) is 0 Å². The summed E-state index contributed by atoms with van der Waals surface area (Å²) in [5.74, 6) is -0.977. The Hall–Kier alpha value is -1.16. The van der Waals surface area contributed by atoms with Gasteiger partial charge in [0.15, 0.2) is 0 Å². The average Bonchev–Trinajstić information content (AvgIpc) is 2.62. The second kappa shape index (κ2) is 1.85. The maximum absolute atomic E-state index is 11.4. The number of ether oxygens (including phenoxy) is 1. The summed E-state index contributed by atoms with van der Waals surface area (Å²) in [6.07, 6.45) is 3.57. The van der Waals surface area contributed by atoms with Crippen molar-refractivity contribution in [3.8, 4) is 0 Å². The molecule has 2 bridgehead atoms. The number of rotatable bonds is 0. The first kappa shape index (κ1) is 7.26. The highest BCUT2D eigenvalue weighted by molar-refractivity contribution is 6.07. The number of hydrogen-bond donors (Lipinski definition) is 1. The molecule has 3 rings (SSSR count). The van der Waals surface area contributed by atoms with Crippen LogP contribution in [0.2, 0.25) is 0 Å². The number of hydrogen-bond acceptors (Lipinski definition) is 3. The molecule has 13 heavy (non-hydrogen) atoms. The molecule has 3 heterocycles. The van der Waals surface area contributed by atoms with Gasteiger partial charge in [-0.05, 0) is 6.92 Å². The minimum atomic E-state index is -0.550. The first-order valence-corrected chi connectivity index (χ1v) is 4.34. The van der Waals surface area contributed by atoms with E-state index in [2.05, 4.69) is 5.32 Å². The standard InChI is InChI=1S/C9H9NO3/c1-9-3-2-4(13-9)5-6(9)8(12)10-7(5)11/h2-6H,1H3,(H,10,11,12)/t4-,5+,6+,9+/m0/s1. The van der Waals surface area contributed by atoms with Crippen LogP contribution in [0.3, 0.4) is 0 Å². The van der Waals surface area contributed by atoms with Crippen LogP contribution in [0.15, 0.2) is 12.2 Å². The molecule has 3 aliphatic rings. The zero-order chi connectivity index (χ0) is 9.22. The monoisotopic (exact) mass is 179 g/mol. The molecule has 0 unspecified atom stereocenters. The van der Waals surface area contributed by atoms with Gasteiger partial charge in [0.05, 0.1) is 23.5 Å². The minimum absolute atomic E-state index is 0.187. The van der Waals surface area contributed by atoms with Crippen LogP contribution in [0.1, 0.15) is 6.92 Å². The van der Waals surface area contributed by atoms with Gasteiger partial charge in [0.1, 0.15) is 0 Å². The van der Waals surface area contributed by atoms with Crippen LogP contribution >= 0.6 is 0 Å². The van der Waals surface area contributed by atoms with Gasteiger partial charge < -0.3 is 4.74 Å². The molecule has 4 nitrogen and oxygen atoms in total. The maximum Gasteiger partial charge on any atom is 0.233 e. The molecule has 0 aromatic rings. The molecule has 3 aliphatic heterocycles. The highest BCUT2D eigenvalue weighted by Crippen LogP contribution is 2.48. The summed E-state index contributed by atoms with van der Waals surface area (Å²) in [5.41, 5.74) is -0.550. The van der Waals surface area contributed by atoms with Crippen molar-refractivity contribution in [2.45, 2.75) is 18.6 Å². The molecule has 0 saturated carbocycles. The summed E-state index contributed by atoms with van der Waals surface area (Å²) in [6.45, 7) is 1.85. The third-order valence-electron chi connectivity index (χ3n) is 3.17. The van der Waals surface area contributed by atoms with E-state index in [9.17, 15) is 9.59 Å². The highest BCUT2D eigenvalue weighted by Gasteiger charge is 2.63. The third-order valence-corrected chi connectivity index (χ3v) is 3.17. The van der Waals surface area contributed by atoms with E-state index in [1.807, 2.05) is 19.1 Å². The van der Waals surface area contributed by atoms with Crippen LogP contribution in [0, 0.1) is 11.8 Å². The first-order valence-electron chi connectivity index (χ1n) is 4.34. The van der Waals surface area contributed by atoms with Crippen molar-refractivity contribution in [1.29, 1.82) is 0 Å². The van der Waals surface area contributed by atoms with Gasteiger partial charge in [-0.25, -0.2) is 0 Å². The summed E-state index contributed by atoms with van der Waals surface area (Å²) in [4.78, 5) is 22.8. The lowest BCUT2D eigenvalue weighted by atomic mass is 9.78. The third kappa shape index (κ3) is 0.659. The second-order valence-electron chi connectivity index (χ2n) is 3.98. The molecule has 4 heteroatoms. The molecule has 0 spiro atoms. The number of fused-ring (bicyclic) bond motifs is 5. The molecule has 68 valence electrons. The Labute approximate surface area is 74.9 Å². The fraction of sp³-hybridized carbons (Fsp3) is 0.556. The van der Waals surface area contributed by atoms with Gasteiger partial charge in [-0.15, -0.1) is 0 Å². The number of amides is 2. The fourth-order valence-corrected chi connectivity index (χ4v) is 2.58. The quantitative estimate of drug-likeness (QED) is 0.406. The molecular formula is C9H9NO3. The Bertz CT molecular complexity index is 349. The van der Waals surface area contributed by atoms with Gasteiger partial charge in [0.2, 0.25) is 11.8 Å². The van der Waals surface area contributed by atoms with Crippen LogP contribution in [0.25, 0.3) is 0 Å². The SMILES string of the molecule is C[C@]12C=C[C@H](O1)[C@H]1C(=O)NC(=O)[C@@H]12. The van der Waals surface area contributed by atoms with E-state index in [4.69, 9.17) is 4.74 Å². The van der Waals surface area contributed by atoms with E-state index < -0.39 is 5.60 Å². The summed E-state index contributed by atoms with van der Waals surface area (Å²) in [5, 5.41) is 2.35. The zero-order valence-electron chi connectivity index (χ0n) is 7.11. The van der Waals surface area contributed by atoms with Crippen LogP contribution in [0.4, 0.5) is 0 Å².